The number of halogens is 4. The monoisotopic (exact) mass is 379 g/mol. The lowest BCUT2D eigenvalue weighted by atomic mass is 10.1. The van der Waals surface area contributed by atoms with Gasteiger partial charge in [-0.3, -0.25) is 4.57 Å². The van der Waals surface area contributed by atoms with Gasteiger partial charge in [-0.25, -0.2) is 18.2 Å². The first kappa shape index (κ1) is 17.2. The molecule has 1 radical (unpaired) electrons. The zero-order valence-corrected chi connectivity index (χ0v) is 14.3. The van der Waals surface area contributed by atoms with Gasteiger partial charge < -0.3 is 10.6 Å². The van der Waals surface area contributed by atoms with Gasteiger partial charge in [-0.15, -0.1) is 0 Å². The molecule has 2 atom stereocenters. The number of anilines is 1. The van der Waals surface area contributed by atoms with Crippen molar-refractivity contribution < 1.29 is 13.2 Å². The highest BCUT2D eigenvalue weighted by Gasteiger charge is 2.30. The molecule has 1 fully saturated rings. The summed E-state index contributed by atoms with van der Waals surface area (Å²) in [6.45, 7) is 0.626. The van der Waals surface area contributed by atoms with Crippen LogP contribution in [0.4, 0.5) is 19.1 Å². The molecule has 4 nitrogen and oxygen atoms in total. The van der Waals surface area contributed by atoms with E-state index in [2.05, 4.69) is 11.1 Å². The second-order valence-electron chi connectivity index (χ2n) is 6.29. The molecular weight excluding hydrogens is 365 g/mol. The van der Waals surface area contributed by atoms with Gasteiger partial charge in [0.1, 0.15) is 6.17 Å². The molecule has 0 spiro atoms. The van der Waals surface area contributed by atoms with Gasteiger partial charge in [-0.05, 0) is 24.6 Å². The number of nitrogens with two attached hydrogens (primary N) is 1. The van der Waals surface area contributed by atoms with Gasteiger partial charge in [0.25, 0.3) is 0 Å². The highest BCUT2D eigenvalue weighted by molar-refractivity contribution is 6.32. The molecule has 0 aliphatic carbocycles. The van der Waals surface area contributed by atoms with E-state index in [9.17, 15) is 13.2 Å². The molecule has 2 heterocycles. The van der Waals surface area contributed by atoms with Crippen LogP contribution >= 0.6 is 11.6 Å². The van der Waals surface area contributed by atoms with Gasteiger partial charge in [0.15, 0.2) is 11.6 Å². The molecule has 0 unspecified atom stereocenters. The molecule has 8 heteroatoms. The van der Waals surface area contributed by atoms with Crippen LogP contribution < -0.4 is 10.6 Å². The van der Waals surface area contributed by atoms with E-state index in [4.69, 9.17) is 17.3 Å². The minimum atomic E-state index is -1.09. The molecule has 2 N–H and O–H groups in total. The van der Waals surface area contributed by atoms with Crippen molar-refractivity contribution in [3.05, 3.63) is 53.1 Å². The van der Waals surface area contributed by atoms with E-state index in [1.165, 1.54) is 0 Å². The molecule has 2 aromatic carbocycles. The number of alkyl halides is 1. The lowest BCUT2D eigenvalue weighted by molar-refractivity contribution is 0.243. The molecule has 4 rings (SSSR count). The second-order valence-corrected chi connectivity index (χ2v) is 6.70. The maximum absolute atomic E-state index is 13.9. The quantitative estimate of drug-likeness (QED) is 0.739. The third-order valence-electron chi connectivity index (χ3n) is 4.56. The van der Waals surface area contributed by atoms with Crippen molar-refractivity contribution in [2.24, 2.45) is 5.73 Å². The van der Waals surface area contributed by atoms with E-state index in [-0.39, 0.29) is 18.5 Å². The Bertz CT molecular complexity index is 974. The number of piperidine rings is 1. The van der Waals surface area contributed by atoms with Gasteiger partial charge in [0, 0.05) is 25.2 Å². The zero-order valence-electron chi connectivity index (χ0n) is 13.6. The Labute approximate surface area is 153 Å². The number of hydrogen-bond donors (Lipinski definition) is 1. The summed E-state index contributed by atoms with van der Waals surface area (Å²) in [7, 11) is 0. The Kier molecular flexibility index (Phi) is 4.28. The third kappa shape index (κ3) is 2.81. The van der Waals surface area contributed by atoms with E-state index >= 15 is 0 Å². The maximum Gasteiger partial charge on any atom is 0.211 e. The van der Waals surface area contributed by atoms with Crippen LogP contribution in [0, 0.1) is 17.7 Å². The number of imidazole rings is 1. The van der Waals surface area contributed by atoms with Crippen molar-refractivity contribution in [2.75, 3.05) is 18.0 Å². The lowest BCUT2D eigenvalue weighted by Gasteiger charge is -2.34. The molecule has 1 aliphatic heterocycles. The molecule has 3 aromatic rings. The predicted molar refractivity (Wildman–Crippen MR) is 94.5 cm³/mol. The van der Waals surface area contributed by atoms with Crippen LogP contribution in [0.15, 0.2) is 30.3 Å². The van der Waals surface area contributed by atoms with E-state index in [0.29, 0.717) is 28.7 Å². The van der Waals surface area contributed by atoms with E-state index in [0.717, 1.165) is 12.1 Å². The average molecular weight is 380 g/mol. The van der Waals surface area contributed by atoms with Crippen molar-refractivity contribution in [3.63, 3.8) is 0 Å². The molecular formula is C18H15ClF3N4. The largest absolute Gasteiger partial charge is 0.340 e. The number of rotatable bonds is 2. The van der Waals surface area contributed by atoms with Crippen molar-refractivity contribution in [1.29, 1.82) is 0 Å². The third-order valence-corrected chi connectivity index (χ3v) is 4.88. The summed E-state index contributed by atoms with van der Waals surface area (Å²) < 4.78 is 42.9. The summed E-state index contributed by atoms with van der Waals surface area (Å²) >= 11 is 6.31. The first-order chi connectivity index (χ1) is 12.5. The average Bonchev–Trinajstić information content (AvgIpc) is 2.96. The first-order valence-electron chi connectivity index (χ1n) is 8.14. The Morgan fingerprint density at radius 1 is 1.27 bits per heavy atom. The van der Waals surface area contributed by atoms with Gasteiger partial charge in [0.2, 0.25) is 5.95 Å². The first-order valence-corrected chi connectivity index (χ1v) is 8.51. The van der Waals surface area contributed by atoms with Crippen molar-refractivity contribution >= 4 is 28.6 Å². The van der Waals surface area contributed by atoms with Crippen molar-refractivity contribution in [3.8, 4) is 5.69 Å². The predicted octanol–water partition coefficient (Wildman–Crippen LogP) is 3.63. The summed E-state index contributed by atoms with van der Waals surface area (Å²) in [6, 6.07) is 9.30. The standard InChI is InChI=1S/C18H15ClF3N4/c19-10-3-1-2-4-16(10)26-17-8-13(22)12(21)7-15(17)24-18(26)25-6-5-11(20)14(23)9-25/h1,3-4,7-8,11,14H,5-6,9,23H2/t11-,14-/m1/s1. The Morgan fingerprint density at radius 2 is 2.04 bits per heavy atom. The van der Waals surface area contributed by atoms with Crippen LogP contribution in [0.25, 0.3) is 16.7 Å². The highest BCUT2D eigenvalue weighted by atomic mass is 35.5. The van der Waals surface area contributed by atoms with Crippen LogP contribution in [-0.2, 0) is 0 Å². The normalized spacial score (nSPS) is 20.7. The van der Waals surface area contributed by atoms with Gasteiger partial charge >= 0.3 is 0 Å². The molecule has 135 valence electrons. The van der Waals surface area contributed by atoms with Crippen LogP contribution in [0.1, 0.15) is 6.42 Å². The SMILES string of the molecule is N[C@@H]1CN(c2nc3cc(F)c(F)cc3n2-c2c[c]ccc2Cl)CC[C@H]1F. The molecule has 1 aliphatic rings. The Balaban J connectivity index is 1.94. The molecule has 0 amide bonds. The summed E-state index contributed by atoms with van der Waals surface area (Å²) in [5.74, 6) is -1.56. The van der Waals surface area contributed by atoms with E-state index < -0.39 is 23.8 Å². The smallest absolute Gasteiger partial charge is 0.211 e. The number of nitrogens with zero attached hydrogens (tertiary/aromatic N) is 3. The summed E-state index contributed by atoms with van der Waals surface area (Å²) in [6.07, 6.45) is -0.838. The van der Waals surface area contributed by atoms with Gasteiger partial charge in [-0.1, -0.05) is 17.7 Å². The number of benzene rings is 2. The van der Waals surface area contributed by atoms with Crippen molar-refractivity contribution in [1.82, 2.24) is 9.55 Å². The Hall–Kier alpha value is -2.25. The molecule has 26 heavy (non-hydrogen) atoms. The minimum absolute atomic E-state index is 0.240. The summed E-state index contributed by atoms with van der Waals surface area (Å²) in [4.78, 5) is 6.25. The number of aromatic nitrogens is 2. The minimum Gasteiger partial charge on any atom is -0.340 e. The fraction of sp³-hybridized carbons (Fsp3) is 0.278. The summed E-state index contributed by atoms with van der Waals surface area (Å²) in [5.41, 5.74) is 7.01. The molecule has 1 aromatic heterocycles. The summed E-state index contributed by atoms with van der Waals surface area (Å²) in [5, 5.41) is 0.402. The zero-order chi connectivity index (χ0) is 18.4. The molecule has 1 saturated heterocycles. The number of fused-ring (bicyclic) bond motifs is 1. The maximum atomic E-state index is 13.9. The van der Waals surface area contributed by atoms with Crippen LogP contribution in [-0.4, -0.2) is 34.9 Å². The van der Waals surface area contributed by atoms with Gasteiger partial charge in [-0.2, -0.15) is 0 Å². The molecule has 0 saturated carbocycles. The topological polar surface area (TPSA) is 47.1 Å². The lowest BCUT2D eigenvalue weighted by Crippen LogP contribution is -2.50. The number of hydrogen-bond acceptors (Lipinski definition) is 3. The van der Waals surface area contributed by atoms with E-state index in [1.54, 1.807) is 27.7 Å². The van der Waals surface area contributed by atoms with Crippen LogP contribution in [0.2, 0.25) is 5.02 Å². The highest BCUT2D eigenvalue weighted by Crippen LogP contribution is 2.33. The fourth-order valence-electron chi connectivity index (χ4n) is 3.22. The van der Waals surface area contributed by atoms with E-state index in [1.807, 2.05) is 0 Å². The van der Waals surface area contributed by atoms with Crippen LogP contribution in [0.3, 0.4) is 0 Å². The Morgan fingerprint density at radius 3 is 2.77 bits per heavy atom. The molecule has 0 bridgehead atoms. The fourth-order valence-corrected chi connectivity index (χ4v) is 3.42. The second kappa shape index (κ2) is 6.48. The van der Waals surface area contributed by atoms with Gasteiger partial charge in [0.05, 0.1) is 27.8 Å². The van der Waals surface area contributed by atoms with Crippen molar-refractivity contribution in [2.45, 2.75) is 18.6 Å². The van der Waals surface area contributed by atoms with Crippen LogP contribution in [0.5, 0.6) is 0 Å².